The van der Waals surface area contributed by atoms with E-state index in [1.165, 1.54) is 5.57 Å². The van der Waals surface area contributed by atoms with Crippen molar-refractivity contribution >= 4 is 29.9 Å². The average molecular weight is 495 g/mol. The van der Waals surface area contributed by atoms with Gasteiger partial charge < -0.3 is 19.7 Å². The summed E-state index contributed by atoms with van der Waals surface area (Å²) in [6.07, 6.45) is 4.05. The van der Waals surface area contributed by atoms with Gasteiger partial charge in [0, 0.05) is 26.7 Å². The Morgan fingerprint density at radius 1 is 1.33 bits per heavy atom. The quantitative estimate of drug-likeness (QED) is 0.256. The largest absolute Gasteiger partial charge is 0.435 e. The summed E-state index contributed by atoms with van der Waals surface area (Å²) in [6.45, 7) is 2.84. The molecular weight excluding hydrogens is 467 g/mol. The third-order valence-corrected chi connectivity index (χ3v) is 4.02. The molecular formula is C19H28F2IN3O2. The smallest absolute Gasteiger partial charge is 0.387 e. The molecule has 0 saturated heterocycles. The fourth-order valence-electron chi connectivity index (χ4n) is 2.69. The Bertz CT molecular complexity index is 609. The fraction of sp³-hybridized carbons (Fsp3) is 0.526. The van der Waals surface area contributed by atoms with Crippen LogP contribution >= 0.6 is 24.0 Å². The highest BCUT2D eigenvalue weighted by Gasteiger charge is 2.09. The van der Waals surface area contributed by atoms with Crippen LogP contribution in [0.4, 0.5) is 8.78 Å². The number of hydrogen-bond acceptors (Lipinski definition) is 3. The van der Waals surface area contributed by atoms with E-state index in [1.54, 1.807) is 24.3 Å². The minimum atomic E-state index is -2.80. The van der Waals surface area contributed by atoms with Crippen LogP contribution in [-0.2, 0) is 11.3 Å². The third-order valence-electron chi connectivity index (χ3n) is 4.02. The highest BCUT2D eigenvalue weighted by atomic mass is 127. The maximum atomic E-state index is 12.2. The van der Waals surface area contributed by atoms with Crippen molar-refractivity contribution in [3.63, 3.8) is 0 Å². The highest BCUT2D eigenvalue weighted by molar-refractivity contribution is 14.0. The third kappa shape index (κ3) is 8.87. The molecule has 27 heavy (non-hydrogen) atoms. The van der Waals surface area contributed by atoms with Gasteiger partial charge in [-0.3, -0.25) is 4.99 Å². The molecule has 0 bridgehead atoms. The van der Waals surface area contributed by atoms with Crippen LogP contribution in [0.1, 0.15) is 25.3 Å². The molecule has 1 N–H and O–H groups in total. The SMILES string of the molecule is CCNC(=NCCC1=CCOCC1)N(C)Cc1ccc(OC(F)F)cc1.I. The number of rotatable bonds is 8. The molecule has 1 aliphatic rings. The van der Waals surface area contributed by atoms with E-state index in [1.807, 2.05) is 18.9 Å². The molecule has 152 valence electrons. The molecule has 5 nitrogen and oxygen atoms in total. The molecule has 1 aromatic carbocycles. The van der Waals surface area contributed by atoms with E-state index in [9.17, 15) is 8.78 Å². The van der Waals surface area contributed by atoms with Crippen molar-refractivity contribution < 1.29 is 18.3 Å². The van der Waals surface area contributed by atoms with Crippen LogP contribution in [-0.4, -0.2) is 50.8 Å². The second-order valence-corrected chi connectivity index (χ2v) is 6.05. The van der Waals surface area contributed by atoms with Gasteiger partial charge in [-0.15, -0.1) is 24.0 Å². The van der Waals surface area contributed by atoms with Crippen LogP contribution in [0.2, 0.25) is 0 Å². The van der Waals surface area contributed by atoms with E-state index >= 15 is 0 Å². The zero-order valence-corrected chi connectivity index (χ0v) is 18.1. The maximum Gasteiger partial charge on any atom is 0.387 e. The summed E-state index contributed by atoms with van der Waals surface area (Å²) in [5, 5.41) is 3.29. The first kappa shape index (κ1) is 23.6. The first-order chi connectivity index (χ1) is 12.6. The lowest BCUT2D eigenvalue weighted by molar-refractivity contribution is -0.0498. The minimum Gasteiger partial charge on any atom is -0.435 e. The highest BCUT2D eigenvalue weighted by Crippen LogP contribution is 2.16. The number of nitrogens with zero attached hydrogens (tertiary/aromatic N) is 2. The molecule has 8 heteroatoms. The molecule has 2 rings (SSSR count). The molecule has 0 amide bonds. The second kappa shape index (κ2) is 12.9. The van der Waals surface area contributed by atoms with Crippen molar-refractivity contribution in [2.75, 3.05) is 33.4 Å². The van der Waals surface area contributed by atoms with E-state index < -0.39 is 6.61 Å². The van der Waals surface area contributed by atoms with Gasteiger partial charge in [0.15, 0.2) is 5.96 Å². The lowest BCUT2D eigenvalue weighted by Gasteiger charge is -2.22. The Morgan fingerprint density at radius 3 is 2.67 bits per heavy atom. The van der Waals surface area contributed by atoms with Crippen molar-refractivity contribution in [1.82, 2.24) is 10.2 Å². The number of hydrogen-bond donors (Lipinski definition) is 1. The van der Waals surface area contributed by atoms with Gasteiger partial charge in [-0.2, -0.15) is 8.78 Å². The van der Waals surface area contributed by atoms with Crippen molar-refractivity contribution in [1.29, 1.82) is 0 Å². The van der Waals surface area contributed by atoms with Crippen molar-refractivity contribution in [3.05, 3.63) is 41.5 Å². The molecule has 1 heterocycles. The topological polar surface area (TPSA) is 46.1 Å². The normalized spacial score (nSPS) is 14.4. The number of guanidine groups is 1. The summed E-state index contributed by atoms with van der Waals surface area (Å²) < 4.78 is 34.1. The average Bonchev–Trinajstić information content (AvgIpc) is 2.63. The molecule has 1 aromatic rings. The number of nitrogens with one attached hydrogen (secondary N) is 1. The predicted octanol–water partition coefficient (Wildman–Crippen LogP) is 4.04. The Kier molecular flexibility index (Phi) is 11.3. The monoisotopic (exact) mass is 495 g/mol. The van der Waals surface area contributed by atoms with Gasteiger partial charge in [-0.25, -0.2) is 0 Å². The number of benzene rings is 1. The summed E-state index contributed by atoms with van der Waals surface area (Å²) in [5.74, 6) is 0.991. The molecule has 0 aromatic heterocycles. The number of ether oxygens (including phenoxy) is 2. The van der Waals surface area contributed by atoms with Crippen LogP contribution in [0.15, 0.2) is 40.9 Å². The minimum absolute atomic E-state index is 0. The Morgan fingerprint density at radius 2 is 2.07 bits per heavy atom. The molecule has 0 spiro atoms. The lowest BCUT2D eigenvalue weighted by Crippen LogP contribution is -2.38. The summed E-state index contributed by atoms with van der Waals surface area (Å²) in [5.41, 5.74) is 2.39. The Hall–Kier alpha value is -1.42. The van der Waals surface area contributed by atoms with Crippen molar-refractivity contribution in [3.8, 4) is 5.75 Å². The molecule has 0 radical (unpaired) electrons. The summed E-state index contributed by atoms with van der Waals surface area (Å²) >= 11 is 0. The first-order valence-corrected chi connectivity index (χ1v) is 8.87. The van der Waals surface area contributed by atoms with Crippen LogP contribution in [0.3, 0.4) is 0 Å². The van der Waals surface area contributed by atoms with E-state index in [0.29, 0.717) is 13.2 Å². The van der Waals surface area contributed by atoms with E-state index in [0.717, 1.165) is 44.1 Å². The van der Waals surface area contributed by atoms with Crippen LogP contribution in [0.25, 0.3) is 0 Å². The summed E-state index contributed by atoms with van der Waals surface area (Å²) in [6, 6.07) is 6.67. The second-order valence-electron chi connectivity index (χ2n) is 6.05. The number of halogens is 3. The zero-order valence-electron chi connectivity index (χ0n) is 15.8. The first-order valence-electron chi connectivity index (χ1n) is 8.87. The van der Waals surface area contributed by atoms with Gasteiger partial charge in [0.1, 0.15) is 5.75 Å². The number of alkyl halides is 2. The van der Waals surface area contributed by atoms with Gasteiger partial charge in [0.05, 0.1) is 13.2 Å². The molecule has 0 saturated carbocycles. The van der Waals surface area contributed by atoms with Gasteiger partial charge in [-0.05, 0) is 37.5 Å². The predicted molar refractivity (Wildman–Crippen MR) is 114 cm³/mol. The van der Waals surface area contributed by atoms with Crippen molar-refractivity contribution in [2.45, 2.75) is 32.9 Å². The Balaban J connectivity index is 0.00000364. The van der Waals surface area contributed by atoms with E-state index in [-0.39, 0.29) is 29.7 Å². The molecule has 0 unspecified atom stereocenters. The van der Waals surface area contributed by atoms with E-state index in [2.05, 4.69) is 21.1 Å². The zero-order chi connectivity index (χ0) is 18.8. The van der Waals surface area contributed by atoms with E-state index in [4.69, 9.17) is 4.74 Å². The lowest BCUT2D eigenvalue weighted by atomic mass is 10.1. The molecule has 1 aliphatic heterocycles. The number of aliphatic imine (C=N–C) groups is 1. The fourth-order valence-corrected chi connectivity index (χ4v) is 2.69. The van der Waals surface area contributed by atoms with Crippen LogP contribution in [0.5, 0.6) is 5.75 Å². The van der Waals surface area contributed by atoms with Crippen LogP contribution in [0, 0.1) is 0 Å². The van der Waals surface area contributed by atoms with Gasteiger partial charge in [0.2, 0.25) is 0 Å². The van der Waals surface area contributed by atoms with Crippen LogP contribution < -0.4 is 10.1 Å². The summed E-state index contributed by atoms with van der Waals surface area (Å²) in [7, 11) is 1.96. The van der Waals surface area contributed by atoms with Gasteiger partial charge in [0.25, 0.3) is 0 Å². The maximum absolute atomic E-state index is 12.2. The standard InChI is InChI=1S/C19H27F2N3O2.HI/c1-3-22-19(23-11-8-15-9-12-25-13-10-15)24(2)14-16-4-6-17(7-5-16)26-18(20)21;/h4-7,9,18H,3,8,10-14H2,1-2H3,(H,22,23);1H. The molecule has 0 aliphatic carbocycles. The molecule has 0 atom stereocenters. The summed E-state index contributed by atoms with van der Waals surface area (Å²) in [4.78, 5) is 6.71. The van der Waals surface area contributed by atoms with Gasteiger partial charge >= 0.3 is 6.61 Å². The Labute approximate surface area is 176 Å². The van der Waals surface area contributed by atoms with Gasteiger partial charge in [-0.1, -0.05) is 23.8 Å². The molecule has 0 fully saturated rings. The van der Waals surface area contributed by atoms with Crippen molar-refractivity contribution in [2.24, 2.45) is 4.99 Å².